The zero-order chi connectivity index (χ0) is 53.6. The minimum absolute atomic E-state index is 0. The van der Waals surface area contributed by atoms with Gasteiger partial charge in [0.1, 0.15) is 6.61 Å². The molecule has 2 fully saturated rings. The minimum Gasteiger partial charge on any atom is -0.462 e. The number of carbonyl (C=O) groups is 5. The van der Waals surface area contributed by atoms with Crippen LogP contribution in [0.15, 0.2) is 24.3 Å². The number of thioether (sulfide) groups is 1. The SMILES string of the molecule is CCCCCCCC/C=C\CCCCCCCC(=O)OC[C@H](COP(=O)(O)OCCNC(=O)CCCCCNC(=O)CCCC[C@@H]1SC[C@@H]2NC(=O)N[C@@H]21)OC(=O)CCCCCCC/C=C\CCCCCCCC.[Na+]. The van der Waals surface area contributed by atoms with E-state index >= 15 is 0 Å². The topological polar surface area (TPSA) is 208 Å². The first kappa shape index (κ1) is 71.1. The molecule has 5 N–H and O–H groups in total. The fraction of sp³-hybridized carbons (Fsp3) is 0.842. The monoisotopic (exact) mass is 1110 g/mol. The van der Waals surface area contributed by atoms with Crippen molar-refractivity contribution in [3.8, 4) is 0 Å². The van der Waals surface area contributed by atoms with E-state index in [0.717, 1.165) is 115 Å². The van der Waals surface area contributed by atoms with Gasteiger partial charge in [0, 0.05) is 49.8 Å². The third-order valence-corrected chi connectivity index (χ3v) is 16.1. The van der Waals surface area contributed by atoms with E-state index in [9.17, 15) is 33.4 Å². The largest absolute Gasteiger partial charge is 1.00 e. The van der Waals surface area contributed by atoms with Crippen molar-refractivity contribution in [1.29, 1.82) is 0 Å². The Morgan fingerprint density at radius 2 is 1.07 bits per heavy atom. The van der Waals surface area contributed by atoms with Crippen LogP contribution in [0.3, 0.4) is 0 Å². The van der Waals surface area contributed by atoms with E-state index in [1.54, 1.807) is 0 Å². The van der Waals surface area contributed by atoms with Gasteiger partial charge in [0.2, 0.25) is 11.8 Å². The molecule has 5 atom stereocenters. The molecule has 0 spiro atoms. The Labute approximate surface area is 480 Å². The Kier molecular flexibility index (Phi) is 46.6. The first-order valence-electron chi connectivity index (χ1n) is 29.5. The summed E-state index contributed by atoms with van der Waals surface area (Å²) in [5.41, 5.74) is 0. The number of ether oxygens (including phenoxy) is 2. The van der Waals surface area contributed by atoms with Gasteiger partial charge >= 0.3 is 55.3 Å². The third-order valence-electron chi connectivity index (χ3n) is 13.6. The summed E-state index contributed by atoms with van der Waals surface area (Å²) in [6, 6.07) is 0.303. The maximum atomic E-state index is 12.9. The van der Waals surface area contributed by atoms with Gasteiger partial charge in [0.25, 0.3) is 0 Å². The molecular weight excluding hydrogens is 1000 g/mol. The number of hydrogen-bond donors (Lipinski definition) is 5. The van der Waals surface area contributed by atoms with Crippen molar-refractivity contribution < 1.29 is 81.5 Å². The van der Waals surface area contributed by atoms with Crippen LogP contribution in [0.4, 0.5) is 4.79 Å². The number of carbonyl (C=O) groups excluding carboxylic acids is 5. The fourth-order valence-electron chi connectivity index (χ4n) is 9.13. The van der Waals surface area contributed by atoms with Crippen molar-refractivity contribution in [2.45, 2.75) is 268 Å². The number of phosphoric ester groups is 1. The summed E-state index contributed by atoms with van der Waals surface area (Å²) in [7, 11) is -4.60. The number of nitrogens with one attached hydrogen (secondary N) is 4. The van der Waals surface area contributed by atoms with E-state index in [2.05, 4.69) is 59.4 Å². The van der Waals surface area contributed by atoms with Crippen LogP contribution >= 0.6 is 19.6 Å². The second-order valence-electron chi connectivity index (χ2n) is 20.4. The van der Waals surface area contributed by atoms with Crippen molar-refractivity contribution >= 4 is 49.4 Å². The third kappa shape index (κ3) is 41.8. The number of fused-ring (bicyclic) bond motifs is 1. The predicted octanol–water partition coefficient (Wildman–Crippen LogP) is 10.2. The van der Waals surface area contributed by atoms with Gasteiger partial charge in [-0.2, -0.15) is 11.8 Å². The molecule has 0 aromatic carbocycles. The van der Waals surface area contributed by atoms with Crippen molar-refractivity contribution in [1.82, 2.24) is 21.3 Å². The minimum atomic E-state index is -4.60. The molecule has 15 nitrogen and oxygen atoms in total. The molecule has 0 saturated carbocycles. The van der Waals surface area contributed by atoms with Gasteiger partial charge in [-0.25, -0.2) is 9.36 Å². The average Bonchev–Trinajstić information content (AvgIpc) is 3.94. The van der Waals surface area contributed by atoms with Crippen LogP contribution in [-0.4, -0.2) is 96.8 Å². The second kappa shape index (κ2) is 49.2. The van der Waals surface area contributed by atoms with Gasteiger partial charge in [0.05, 0.1) is 25.3 Å². The van der Waals surface area contributed by atoms with Crippen LogP contribution in [0, 0.1) is 0 Å². The van der Waals surface area contributed by atoms with Gasteiger partial charge < -0.3 is 35.6 Å². The van der Waals surface area contributed by atoms with E-state index in [-0.39, 0.29) is 98.5 Å². The number of rotatable bonds is 51. The molecule has 75 heavy (non-hydrogen) atoms. The Morgan fingerprint density at radius 3 is 1.63 bits per heavy atom. The molecule has 0 aromatic heterocycles. The van der Waals surface area contributed by atoms with Crippen LogP contribution in [0.2, 0.25) is 0 Å². The second-order valence-corrected chi connectivity index (χ2v) is 23.2. The number of amides is 4. The van der Waals surface area contributed by atoms with Crippen LogP contribution in [0.1, 0.15) is 245 Å². The molecular formula is C57H103N4NaO11PS+. The quantitative estimate of drug-likeness (QED) is 0.00963. The van der Waals surface area contributed by atoms with E-state index in [0.29, 0.717) is 37.5 Å². The van der Waals surface area contributed by atoms with E-state index < -0.39 is 32.5 Å². The first-order chi connectivity index (χ1) is 36.0. The molecule has 4 amide bonds. The van der Waals surface area contributed by atoms with Gasteiger partial charge in [-0.15, -0.1) is 0 Å². The number of unbranched alkanes of at least 4 members (excludes halogenated alkanes) is 25. The molecule has 2 aliphatic heterocycles. The fourth-order valence-corrected chi connectivity index (χ4v) is 11.4. The Hall–Kier alpha value is -1.91. The van der Waals surface area contributed by atoms with E-state index in [1.807, 2.05) is 11.8 Å². The summed E-state index contributed by atoms with van der Waals surface area (Å²) in [6.45, 7) is 3.89. The zero-order valence-corrected chi connectivity index (χ0v) is 50.9. The van der Waals surface area contributed by atoms with Gasteiger partial charge in [-0.1, -0.05) is 154 Å². The molecule has 0 bridgehead atoms. The molecule has 2 rings (SSSR count). The summed E-state index contributed by atoms with van der Waals surface area (Å²) in [6.07, 6.45) is 43.8. The Morgan fingerprint density at radius 1 is 0.600 bits per heavy atom. The molecule has 2 heterocycles. The molecule has 0 aliphatic carbocycles. The molecule has 2 aliphatic rings. The standard InChI is InChI=1S/C57H103N4O11PS.Na/c1-3-5-7-9-11-13-15-17-19-21-23-25-27-29-33-41-54(64)69-46-49(72-55(65)42-34-30-28-26-24-22-20-18-16-14-12-10-8-6-4-2)47-71-73(67,68)70-45-44-59-53(63)39-32-31-37-43-58-52(62)40-36-35-38-51-56-50(48-74-51)60-57(66)61-56;/h17-20,49-51,56H,3-16,21-48H2,1-2H3,(H,58,62)(H,59,63)(H,67,68)(H2,60,61,66);/q;+1/b19-17-,20-18-;/t49-,50+,51+,56+;/m1./s1. The molecule has 0 aromatic rings. The van der Waals surface area contributed by atoms with Crippen molar-refractivity contribution in [2.75, 3.05) is 38.7 Å². The van der Waals surface area contributed by atoms with Gasteiger partial charge in [0.15, 0.2) is 6.10 Å². The normalized spacial score (nSPS) is 17.3. The smallest absolute Gasteiger partial charge is 0.462 e. The number of esters is 2. The predicted molar refractivity (Wildman–Crippen MR) is 300 cm³/mol. The van der Waals surface area contributed by atoms with Gasteiger partial charge in [-0.3, -0.25) is 28.2 Å². The summed E-state index contributed by atoms with van der Waals surface area (Å²) in [5, 5.41) is 12.0. The van der Waals surface area contributed by atoms with Gasteiger partial charge in [-0.05, 0) is 89.9 Å². The molecule has 428 valence electrons. The summed E-state index contributed by atoms with van der Waals surface area (Å²) in [5.74, 6) is -0.209. The average molecular weight is 1110 g/mol. The number of urea groups is 1. The molecule has 18 heteroatoms. The van der Waals surface area contributed by atoms with E-state index in [1.165, 1.54) is 77.0 Å². The summed E-state index contributed by atoms with van der Waals surface area (Å²) >= 11 is 1.88. The molecule has 1 unspecified atom stereocenters. The van der Waals surface area contributed by atoms with Crippen molar-refractivity contribution in [3.63, 3.8) is 0 Å². The van der Waals surface area contributed by atoms with Crippen LogP contribution < -0.4 is 50.8 Å². The number of allylic oxidation sites excluding steroid dienone is 4. The van der Waals surface area contributed by atoms with E-state index in [4.69, 9.17) is 18.5 Å². The van der Waals surface area contributed by atoms with Crippen LogP contribution in [-0.2, 0) is 42.3 Å². The maximum Gasteiger partial charge on any atom is 1.00 e. The van der Waals surface area contributed by atoms with Crippen LogP contribution in [0.5, 0.6) is 0 Å². The number of phosphoric acid groups is 1. The maximum absolute atomic E-state index is 12.9. The molecule has 0 radical (unpaired) electrons. The Balaban J connectivity index is 0.0000281. The summed E-state index contributed by atoms with van der Waals surface area (Å²) < 4.78 is 34.1. The van der Waals surface area contributed by atoms with Crippen molar-refractivity contribution in [2.24, 2.45) is 0 Å². The number of hydrogen-bond acceptors (Lipinski definition) is 11. The zero-order valence-electron chi connectivity index (χ0n) is 47.2. The first-order valence-corrected chi connectivity index (χ1v) is 32.1. The molecule has 2 saturated heterocycles. The Bertz CT molecular complexity index is 1600. The van der Waals surface area contributed by atoms with Crippen LogP contribution in [0.25, 0.3) is 0 Å². The summed E-state index contributed by atoms with van der Waals surface area (Å²) in [4.78, 5) is 72.1. The van der Waals surface area contributed by atoms with Crippen molar-refractivity contribution in [3.05, 3.63) is 24.3 Å².